The van der Waals surface area contributed by atoms with Crippen molar-refractivity contribution in [1.82, 2.24) is 14.9 Å². The van der Waals surface area contributed by atoms with E-state index < -0.39 is 17.6 Å². The van der Waals surface area contributed by atoms with Gasteiger partial charge in [-0.15, -0.1) is 0 Å². The maximum Gasteiger partial charge on any atom is 0.323 e. The van der Waals surface area contributed by atoms with Gasteiger partial charge in [-0.1, -0.05) is 11.6 Å². The largest absolute Gasteiger partial charge is 0.494 e. The molecule has 7 nitrogen and oxygen atoms in total. The summed E-state index contributed by atoms with van der Waals surface area (Å²) in [6.07, 6.45) is 6.04. The smallest absolute Gasteiger partial charge is 0.323 e. The van der Waals surface area contributed by atoms with E-state index in [1.807, 2.05) is 12.1 Å². The molecule has 3 heterocycles. The summed E-state index contributed by atoms with van der Waals surface area (Å²) in [5.41, 5.74) is 7.22. The van der Waals surface area contributed by atoms with Crippen molar-refractivity contribution in [1.29, 1.82) is 0 Å². The predicted molar refractivity (Wildman–Crippen MR) is 123 cm³/mol. The van der Waals surface area contributed by atoms with Crippen LogP contribution in [0.3, 0.4) is 0 Å². The highest BCUT2D eigenvalue weighted by atomic mass is 35.5. The van der Waals surface area contributed by atoms with Crippen molar-refractivity contribution in [2.75, 3.05) is 20.2 Å². The first-order chi connectivity index (χ1) is 15.9. The van der Waals surface area contributed by atoms with Crippen molar-refractivity contribution in [3.8, 4) is 17.0 Å². The van der Waals surface area contributed by atoms with Gasteiger partial charge in [0, 0.05) is 29.2 Å². The summed E-state index contributed by atoms with van der Waals surface area (Å²) < 4.78 is 20.8. The van der Waals surface area contributed by atoms with Crippen LogP contribution in [0.2, 0.25) is 5.02 Å². The van der Waals surface area contributed by atoms with E-state index in [2.05, 4.69) is 10.3 Å². The van der Waals surface area contributed by atoms with Gasteiger partial charge in [0.25, 0.3) is 0 Å². The van der Waals surface area contributed by atoms with Crippen molar-refractivity contribution in [2.45, 2.75) is 19.3 Å². The number of rotatable bonds is 6. The van der Waals surface area contributed by atoms with Crippen molar-refractivity contribution >= 4 is 23.4 Å². The fourth-order valence-corrected chi connectivity index (χ4v) is 4.35. The Hall–Kier alpha value is -3.23. The lowest BCUT2D eigenvalue weighted by Gasteiger charge is -2.22. The van der Waals surface area contributed by atoms with E-state index in [4.69, 9.17) is 22.1 Å². The Labute approximate surface area is 195 Å². The number of carbonyl (C=O) groups is 2. The third-order valence-electron chi connectivity index (χ3n) is 5.90. The molecule has 1 fully saturated rings. The number of halogens is 2. The molecule has 3 aromatic rings. The molecule has 33 heavy (non-hydrogen) atoms. The van der Waals surface area contributed by atoms with Crippen molar-refractivity contribution in [3.63, 3.8) is 0 Å². The van der Waals surface area contributed by atoms with Gasteiger partial charge in [-0.3, -0.25) is 14.3 Å². The van der Waals surface area contributed by atoms with Crippen molar-refractivity contribution < 1.29 is 18.7 Å². The van der Waals surface area contributed by atoms with Gasteiger partial charge in [0.2, 0.25) is 0 Å². The second kappa shape index (κ2) is 9.72. The minimum absolute atomic E-state index is 0.0596. The molecule has 3 N–H and O–H groups in total. The summed E-state index contributed by atoms with van der Waals surface area (Å²) in [4.78, 5) is 29.7. The van der Waals surface area contributed by atoms with Gasteiger partial charge in [-0.05, 0) is 68.6 Å². The number of nitrogens with zero attached hydrogens (tertiary/aromatic N) is 2. The molecule has 0 aliphatic carbocycles. The SMILES string of the molecule is COc1ccc(Cl)c(C(=O)c2cc(-c3ccc(CC4CCNCC4)nc3)n(C(N)=O)c2)c1F. The van der Waals surface area contributed by atoms with Crippen LogP contribution in [0.5, 0.6) is 5.75 Å². The number of aromatic nitrogens is 2. The van der Waals surface area contributed by atoms with Crippen LogP contribution >= 0.6 is 11.6 Å². The number of benzene rings is 1. The van der Waals surface area contributed by atoms with Crippen LogP contribution in [0.15, 0.2) is 42.7 Å². The first-order valence-corrected chi connectivity index (χ1v) is 11.0. The van der Waals surface area contributed by atoms with Crippen molar-refractivity contribution in [3.05, 3.63) is 70.4 Å². The summed E-state index contributed by atoms with van der Waals surface area (Å²) in [5.74, 6) is -1.07. The molecule has 1 aliphatic heterocycles. The lowest BCUT2D eigenvalue weighted by atomic mass is 9.93. The van der Waals surface area contributed by atoms with Crippen LogP contribution in [0.1, 0.15) is 34.5 Å². The molecule has 4 rings (SSSR count). The molecular weight excluding hydrogens is 447 g/mol. The van der Waals surface area contributed by atoms with Crippen LogP contribution in [0.25, 0.3) is 11.3 Å². The number of amides is 1. The number of pyridine rings is 1. The van der Waals surface area contributed by atoms with Crippen LogP contribution in [0.4, 0.5) is 9.18 Å². The average Bonchev–Trinajstić information content (AvgIpc) is 3.26. The quantitative estimate of drug-likeness (QED) is 0.529. The summed E-state index contributed by atoms with van der Waals surface area (Å²) in [6.45, 7) is 2.03. The number of piperidine rings is 1. The third kappa shape index (κ3) is 4.77. The molecule has 0 radical (unpaired) electrons. The summed E-state index contributed by atoms with van der Waals surface area (Å²) >= 11 is 6.10. The molecule has 1 aliphatic rings. The number of nitrogens with two attached hydrogens (primary N) is 1. The number of ether oxygens (including phenoxy) is 1. The van der Waals surface area contributed by atoms with Gasteiger partial charge in [0.1, 0.15) is 0 Å². The number of methoxy groups -OCH3 is 1. The topological polar surface area (TPSA) is 99.2 Å². The summed E-state index contributed by atoms with van der Waals surface area (Å²) in [7, 11) is 1.30. The minimum Gasteiger partial charge on any atom is -0.494 e. The number of nitrogens with one attached hydrogen (secondary N) is 1. The lowest BCUT2D eigenvalue weighted by molar-refractivity contribution is 0.103. The fourth-order valence-electron chi connectivity index (χ4n) is 4.11. The van der Waals surface area contributed by atoms with Gasteiger partial charge in [0.15, 0.2) is 17.3 Å². The molecule has 0 atom stereocenters. The zero-order valence-corrected chi connectivity index (χ0v) is 18.9. The van der Waals surface area contributed by atoms with Crippen LogP contribution in [0, 0.1) is 11.7 Å². The Balaban J connectivity index is 1.65. The highest BCUT2D eigenvalue weighted by Gasteiger charge is 2.24. The fraction of sp³-hybridized carbons (Fsp3) is 0.292. The van der Waals surface area contributed by atoms with Crippen LogP contribution in [-0.2, 0) is 6.42 Å². The molecule has 0 bridgehead atoms. The van der Waals surface area contributed by atoms with Gasteiger partial charge in [-0.2, -0.15) is 0 Å². The highest BCUT2D eigenvalue weighted by molar-refractivity contribution is 6.35. The van der Waals surface area contributed by atoms with Crippen molar-refractivity contribution in [2.24, 2.45) is 11.7 Å². The Kier molecular flexibility index (Phi) is 6.76. The first-order valence-electron chi connectivity index (χ1n) is 10.6. The highest BCUT2D eigenvalue weighted by Crippen LogP contribution is 2.31. The average molecular weight is 471 g/mol. The number of ketones is 1. The van der Waals surface area contributed by atoms with E-state index >= 15 is 0 Å². The second-order valence-corrected chi connectivity index (χ2v) is 8.43. The Bertz CT molecular complexity index is 1190. The normalized spacial score (nSPS) is 14.3. The summed E-state index contributed by atoms with van der Waals surface area (Å²) in [6, 6.07) is 7.17. The van der Waals surface area contributed by atoms with Gasteiger partial charge in [-0.25, -0.2) is 9.18 Å². The molecule has 9 heteroatoms. The maximum atomic E-state index is 14.8. The predicted octanol–water partition coefficient (Wildman–Crippen LogP) is 4.05. The molecule has 1 saturated heterocycles. The van der Waals surface area contributed by atoms with E-state index in [1.165, 1.54) is 31.5 Å². The molecule has 172 valence electrons. The van der Waals surface area contributed by atoms with E-state index in [1.54, 1.807) is 6.20 Å². The maximum absolute atomic E-state index is 14.8. The van der Waals surface area contributed by atoms with Gasteiger partial charge < -0.3 is 15.8 Å². The number of primary amides is 1. The zero-order valence-electron chi connectivity index (χ0n) is 18.1. The van der Waals surface area contributed by atoms with E-state index in [0.717, 1.165) is 42.6 Å². The Morgan fingerprint density at radius 2 is 2.03 bits per heavy atom. The van der Waals surface area contributed by atoms with Crippen LogP contribution in [-0.4, -0.2) is 41.6 Å². The minimum atomic E-state index is -0.868. The number of hydrogen-bond acceptors (Lipinski definition) is 5. The zero-order chi connectivity index (χ0) is 23.5. The molecule has 0 saturated carbocycles. The molecule has 1 amide bonds. The number of hydrogen-bond donors (Lipinski definition) is 2. The number of carbonyl (C=O) groups excluding carboxylic acids is 2. The van der Waals surface area contributed by atoms with Gasteiger partial charge >= 0.3 is 6.03 Å². The Morgan fingerprint density at radius 1 is 1.27 bits per heavy atom. The van der Waals surface area contributed by atoms with E-state index in [9.17, 15) is 14.0 Å². The first kappa shape index (κ1) is 22.9. The van der Waals surface area contributed by atoms with E-state index in [-0.39, 0.29) is 21.9 Å². The monoisotopic (exact) mass is 470 g/mol. The van der Waals surface area contributed by atoms with E-state index in [0.29, 0.717) is 17.2 Å². The molecular formula is C24H24ClFN4O3. The summed E-state index contributed by atoms with van der Waals surface area (Å²) in [5, 5.41) is 3.29. The second-order valence-electron chi connectivity index (χ2n) is 8.03. The molecule has 1 aromatic carbocycles. The van der Waals surface area contributed by atoms with Crippen LogP contribution < -0.4 is 15.8 Å². The Morgan fingerprint density at radius 3 is 2.67 bits per heavy atom. The lowest BCUT2D eigenvalue weighted by Crippen LogP contribution is -2.28. The standard InChI is InChI=1S/C24H24ClFN4O3/c1-33-20-5-4-18(25)21(22(20)26)23(31)16-11-19(30(13-16)24(27)32)15-2-3-17(29-12-15)10-14-6-8-28-9-7-14/h2-5,11-14,28H,6-10H2,1H3,(H2,27,32). The van der Waals surface area contributed by atoms with Gasteiger partial charge in [0.05, 0.1) is 23.4 Å². The molecule has 2 aromatic heterocycles. The third-order valence-corrected chi connectivity index (χ3v) is 6.21. The molecule has 0 spiro atoms. The molecule has 0 unspecified atom stereocenters.